The Morgan fingerprint density at radius 2 is 2.15 bits per heavy atom. The van der Waals surface area contributed by atoms with Crippen LogP contribution in [-0.4, -0.2) is 40.5 Å². The first-order valence-electron chi connectivity index (χ1n) is 6.08. The van der Waals surface area contributed by atoms with Gasteiger partial charge in [-0.05, 0) is 12.1 Å². The molecule has 6 nitrogen and oxygen atoms in total. The van der Waals surface area contributed by atoms with E-state index in [2.05, 4.69) is 10.1 Å². The van der Waals surface area contributed by atoms with Crippen molar-refractivity contribution in [3.63, 3.8) is 0 Å². The SMILES string of the molecule is COC(=O)CC(C)SCC(=O)NC(=O)c1cccn1C. The second-order valence-corrected chi connectivity index (χ2v) is 5.71. The molecule has 0 aliphatic heterocycles. The summed E-state index contributed by atoms with van der Waals surface area (Å²) in [7, 11) is 3.05. The Bertz CT molecular complexity index is 498. The molecule has 0 bridgehead atoms. The van der Waals surface area contributed by atoms with E-state index < -0.39 is 5.91 Å². The molecule has 0 saturated carbocycles. The first kappa shape index (κ1) is 16.3. The van der Waals surface area contributed by atoms with Crippen LogP contribution in [0.2, 0.25) is 0 Å². The Balaban J connectivity index is 2.35. The van der Waals surface area contributed by atoms with Gasteiger partial charge in [-0.2, -0.15) is 0 Å². The molecule has 1 atom stereocenters. The van der Waals surface area contributed by atoms with Crippen LogP contribution in [0.3, 0.4) is 0 Å². The van der Waals surface area contributed by atoms with Gasteiger partial charge >= 0.3 is 5.97 Å². The number of esters is 1. The van der Waals surface area contributed by atoms with Crippen molar-refractivity contribution >= 4 is 29.5 Å². The van der Waals surface area contributed by atoms with Crippen molar-refractivity contribution in [2.75, 3.05) is 12.9 Å². The minimum Gasteiger partial charge on any atom is -0.469 e. The molecule has 20 heavy (non-hydrogen) atoms. The zero-order valence-electron chi connectivity index (χ0n) is 11.7. The smallest absolute Gasteiger partial charge is 0.306 e. The standard InChI is InChI=1S/C13H18N2O4S/c1-9(7-12(17)19-3)20-8-11(16)14-13(18)10-5-4-6-15(10)2/h4-6,9H,7-8H2,1-3H3,(H,14,16,18). The highest BCUT2D eigenvalue weighted by Gasteiger charge is 2.15. The molecule has 0 saturated heterocycles. The van der Waals surface area contributed by atoms with E-state index in [1.165, 1.54) is 18.9 Å². The van der Waals surface area contributed by atoms with Gasteiger partial charge in [-0.3, -0.25) is 19.7 Å². The van der Waals surface area contributed by atoms with E-state index in [0.717, 1.165) is 0 Å². The molecule has 2 amide bonds. The number of thioether (sulfide) groups is 1. The highest BCUT2D eigenvalue weighted by Crippen LogP contribution is 2.14. The minimum atomic E-state index is -0.427. The van der Waals surface area contributed by atoms with Gasteiger partial charge in [-0.15, -0.1) is 11.8 Å². The Kier molecular flexibility index (Phi) is 6.30. The normalized spacial score (nSPS) is 11.8. The number of hydrogen-bond acceptors (Lipinski definition) is 5. The Labute approximate surface area is 121 Å². The number of aryl methyl sites for hydroxylation is 1. The van der Waals surface area contributed by atoms with Gasteiger partial charge in [0, 0.05) is 18.5 Å². The Hall–Kier alpha value is -1.76. The number of nitrogens with one attached hydrogen (secondary N) is 1. The number of imide groups is 1. The van der Waals surface area contributed by atoms with Crippen LogP contribution in [0.1, 0.15) is 23.8 Å². The number of carbonyl (C=O) groups excluding carboxylic acids is 3. The number of aromatic nitrogens is 1. The largest absolute Gasteiger partial charge is 0.469 e. The Morgan fingerprint density at radius 3 is 2.70 bits per heavy atom. The second kappa shape index (κ2) is 7.74. The minimum absolute atomic E-state index is 0.0432. The maximum absolute atomic E-state index is 11.8. The van der Waals surface area contributed by atoms with Crippen molar-refractivity contribution in [3.8, 4) is 0 Å². The van der Waals surface area contributed by atoms with E-state index in [9.17, 15) is 14.4 Å². The lowest BCUT2D eigenvalue weighted by atomic mass is 10.3. The van der Waals surface area contributed by atoms with Crippen LogP contribution < -0.4 is 5.32 Å². The second-order valence-electron chi connectivity index (χ2n) is 4.28. The molecule has 0 aliphatic rings. The molecule has 0 spiro atoms. The summed E-state index contributed by atoms with van der Waals surface area (Å²) >= 11 is 1.30. The van der Waals surface area contributed by atoms with Crippen molar-refractivity contribution in [2.45, 2.75) is 18.6 Å². The molecule has 0 aliphatic carbocycles. The fraction of sp³-hybridized carbons (Fsp3) is 0.462. The molecule has 7 heteroatoms. The number of amides is 2. The fourth-order valence-corrected chi connectivity index (χ4v) is 2.28. The molecule has 1 rings (SSSR count). The molecule has 0 radical (unpaired) electrons. The van der Waals surface area contributed by atoms with Gasteiger partial charge in [0.05, 0.1) is 19.3 Å². The van der Waals surface area contributed by atoms with Crippen molar-refractivity contribution in [2.24, 2.45) is 7.05 Å². The van der Waals surface area contributed by atoms with Gasteiger partial charge in [0.1, 0.15) is 5.69 Å². The molecule has 1 aromatic heterocycles. The zero-order valence-corrected chi connectivity index (χ0v) is 12.5. The van der Waals surface area contributed by atoms with Crippen molar-refractivity contribution < 1.29 is 19.1 Å². The Morgan fingerprint density at radius 1 is 1.45 bits per heavy atom. The average molecular weight is 298 g/mol. The number of nitrogens with zero attached hydrogens (tertiary/aromatic N) is 1. The van der Waals surface area contributed by atoms with Gasteiger partial charge in [-0.25, -0.2) is 0 Å². The molecule has 1 N–H and O–H groups in total. The van der Waals surface area contributed by atoms with Crippen molar-refractivity contribution in [1.82, 2.24) is 9.88 Å². The summed E-state index contributed by atoms with van der Waals surface area (Å²) in [5.41, 5.74) is 0.422. The van der Waals surface area contributed by atoms with E-state index in [4.69, 9.17) is 0 Å². The number of ether oxygens (including phenoxy) is 1. The molecular weight excluding hydrogens is 280 g/mol. The highest BCUT2D eigenvalue weighted by atomic mass is 32.2. The van der Waals surface area contributed by atoms with Crippen LogP contribution in [0.25, 0.3) is 0 Å². The summed E-state index contributed by atoms with van der Waals surface area (Å²) in [6.07, 6.45) is 1.97. The third-order valence-corrected chi connectivity index (χ3v) is 3.77. The van der Waals surface area contributed by atoms with E-state index in [0.29, 0.717) is 5.69 Å². The van der Waals surface area contributed by atoms with E-state index in [1.807, 2.05) is 6.92 Å². The van der Waals surface area contributed by atoms with Crippen LogP contribution >= 0.6 is 11.8 Å². The van der Waals surface area contributed by atoms with Gasteiger partial charge < -0.3 is 9.30 Å². The van der Waals surface area contributed by atoms with Crippen LogP contribution in [0.15, 0.2) is 18.3 Å². The van der Waals surface area contributed by atoms with Crippen LogP contribution in [0.5, 0.6) is 0 Å². The summed E-state index contributed by atoms with van der Waals surface area (Å²) in [5.74, 6) is -0.999. The van der Waals surface area contributed by atoms with E-state index in [-0.39, 0.29) is 29.3 Å². The zero-order chi connectivity index (χ0) is 15.1. The maximum Gasteiger partial charge on any atom is 0.306 e. The van der Waals surface area contributed by atoms with Gasteiger partial charge in [-0.1, -0.05) is 6.92 Å². The lowest BCUT2D eigenvalue weighted by Gasteiger charge is -2.09. The topological polar surface area (TPSA) is 77.4 Å². The van der Waals surface area contributed by atoms with Crippen LogP contribution in [0, 0.1) is 0 Å². The molecule has 1 aromatic rings. The predicted octanol–water partition coefficient (Wildman–Crippen LogP) is 0.966. The predicted molar refractivity (Wildman–Crippen MR) is 76.4 cm³/mol. The van der Waals surface area contributed by atoms with Crippen molar-refractivity contribution in [1.29, 1.82) is 0 Å². The van der Waals surface area contributed by atoms with Crippen LogP contribution in [-0.2, 0) is 21.4 Å². The van der Waals surface area contributed by atoms with Crippen LogP contribution in [0.4, 0.5) is 0 Å². The molecule has 0 fully saturated rings. The number of methoxy groups -OCH3 is 1. The van der Waals surface area contributed by atoms with E-state index in [1.54, 1.807) is 29.9 Å². The molecule has 0 aromatic carbocycles. The highest BCUT2D eigenvalue weighted by molar-refractivity contribution is 8.00. The maximum atomic E-state index is 11.8. The first-order chi connectivity index (χ1) is 9.43. The summed E-state index contributed by atoms with van der Waals surface area (Å²) in [5, 5.41) is 2.27. The lowest BCUT2D eigenvalue weighted by molar-refractivity contribution is -0.140. The number of rotatable bonds is 6. The summed E-state index contributed by atoms with van der Waals surface area (Å²) in [6, 6.07) is 3.36. The number of hydrogen-bond donors (Lipinski definition) is 1. The molecule has 1 unspecified atom stereocenters. The van der Waals surface area contributed by atoms with Gasteiger partial charge in [0.25, 0.3) is 5.91 Å². The third-order valence-electron chi connectivity index (χ3n) is 2.61. The quantitative estimate of drug-likeness (QED) is 0.792. The van der Waals surface area contributed by atoms with Gasteiger partial charge in [0.2, 0.25) is 5.91 Å². The summed E-state index contributed by atoms with van der Waals surface area (Å²) < 4.78 is 6.18. The molecule has 1 heterocycles. The monoisotopic (exact) mass is 298 g/mol. The molecule has 110 valence electrons. The fourth-order valence-electron chi connectivity index (χ4n) is 1.52. The molecular formula is C13H18N2O4S. The third kappa shape index (κ3) is 5.08. The van der Waals surface area contributed by atoms with Crippen molar-refractivity contribution in [3.05, 3.63) is 24.0 Å². The lowest BCUT2D eigenvalue weighted by Crippen LogP contribution is -2.33. The van der Waals surface area contributed by atoms with E-state index >= 15 is 0 Å². The first-order valence-corrected chi connectivity index (χ1v) is 7.12. The van der Waals surface area contributed by atoms with Gasteiger partial charge in [0.15, 0.2) is 0 Å². The summed E-state index contributed by atoms with van der Waals surface area (Å²) in [6.45, 7) is 1.83. The summed E-state index contributed by atoms with van der Waals surface area (Å²) in [4.78, 5) is 34.5. The number of carbonyl (C=O) groups is 3. The average Bonchev–Trinajstić information content (AvgIpc) is 2.82.